The first-order chi connectivity index (χ1) is 6.74. The Labute approximate surface area is 101 Å². The second kappa shape index (κ2) is 5.99. The molecule has 0 spiro atoms. The SMILES string of the molecule is C=C/C(=C\C=C(Br)Br)c1ccccc1. The zero-order valence-electron chi connectivity index (χ0n) is 7.58. The molecule has 1 aromatic carbocycles. The average molecular weight is 314 g/mol. The Morgan fingerprint density at radius 2 is 1.71 bits per heavy atom. The molecular weight excluding hydrogens is 304 g/mol. The van der Waals surface area contributed by atoms with Gasteiger partial charge in [-0.15, -0.1) is 0 Å². The average Bonchev–Trinajstić information content (AvgIpc) is 2.20. The molecule has 0 saturated heterocycles. The highest BCUT2D eigenvalue weighted by Gasteiger charge is 1.93. The summed E-state index contributed by atoms with van der Waals surface area (Å²) in [5.74, 6) is 0. The molecule has 0 atom stereocenters. The molecule has 0 aliphatic heterocycles. The Morgan fingerprint density at radius 3 is 2.21 bits per heavy atom. The van der Waals surface area contributed by atoms with Crippen LogP contribution in [0.2, 0.25) is 0 Å². The van der Waals surface area contributed by atoms with Gasteiger partial charge in [0.2, 0.25) is 0 Å². The van der Waals surface area contributed by atoms with E-state index in [1.165, 1.54) is 5.56 Å². The molecule has 0 unspecified atom stereocenters. The van der Waals surface area contributed by atoms with Gasteiger partial charge in [-0.1, -0.05) is 49.1 Å². The van der Waals surface area contributed by atoms with E-state index < -0.39 is 0 Å². The van der Waals surface area contributed by atoms with E-state index in [2.05, 4.69) is 50.6 Å². The maximum Gasteiger partial charge on any atom is 0.0604 e. The first-order valence-corrected chi connectivity index (χ1v) is 5.73. The predicted molar refractivity (Wildman–Crippen MR) is 70.6 cm³/mol. The molecule has 1 aromatic rings. The minimum absolute atomic E-state index is 0.917. The smallest absolute Gasteiger partial charge is 0.0604 e. The van der Waals surface area contributed by atoms with Crippen LogP contribution in [0.1, 0.15) is 5.56 Å². The maximum absolute atomic E-state index is 3.79. The minimum Gasteiger partial charge on any atom is -0.0984 e. The Kier molecular flexibility index (Phi) is 4.91. The number of rotatable bonds is 3. The van der Waals surface area contributed by atoms with Gasteiger partial charge in [0.15, 0.2) is 0 Å². The molecule has 0 saturated carbocycles. The van der Waals surface area contributed by atoms with E-state index in [1.54, 1.807) is 0 Å². The van der Waals surface area contributed by atoms with Gasteiger partial charge in [0.1, 0.15) is 0 Å². The van der Waals surface area contributed by atoms with E-state index in [0.29, 0.717) is 0 Å². The van der Waals surface area contributed by atoms with Crippen molar-refractivity contribution in [3.63, 3.8) is 0 Å². The molecule has 0 fully saturated rings. The monoisotopic (exact) mass is 312 g/mol. The zero-order chi connectivity index (χ0) is 10.4. The van der Waals surface area contributed by atoms with Gasteiger partial charge in [0.25, 0.3) is 0 Å². The van der Waals surface area contributed by atoms with E-state index in [1.807, 2.05) is 36.4 Å². The van der Waals surface area contributed by atoms with Crippen LogP contribution in [0.3, 0.4) is 0 Å². The van der Waals surface area contributed by atoms with Gasteiger partial charge < -0.3 is 0 Å². The standard InChI is InChI=1S/C12H10Br2/c1-2-10(8-9-12(13)14)11-6-4-3-5-7-11/h2-9H,1H2/b10-8+. The lowest BCUT2D eigenvalue weighted by Gasteiger charge is -1.99. The van der Waals surface area contributed by atoms with Crippen molar-refractivity contribution in [2.24, 2.45) is 0 Å². The van der Waals surface area contributed by atoms with Crippen LogP contribution in [0.4, 0.5) is 0 Å². The van der Waals surface area contributed by atoms with Crippen LogP contribution in [0, 0.1) is 0 Å². The molecule has 0 radical (unpaired) electrons. The second-order valence-electron chi connectivity index (χ2n) is 2.65. The number of hydrogen-bond donors (Lipinski definition) is 0. The first-order valence-electron chi connectivity index (χ1n) is 4.15. The molecule has 0 aromatic heterocycles. The summed E-state index contributed by atoms with van der Waals surface area (Å²) in [4.78, 5) is 0. The van der Waals surface area contributed by atoms with Crippen molar-refractivity contribution in [1.29, 1.82) is 0 Å². The number of benzene rings is 1. The normalized spacial score (nSPS) is 10.9. The van der Waals surface area contributed by atoms with Gasteiger partial charge in [-0.05, 0) is 49.1 Å². The van der Waals surface area contributed by atoms with Crippen LogP contribution in [0.15, 0.2) is 58.5 Å². The highest BCUT2D eigenvalue weighted by atomic mass is 79.9. The van der Waals surface area contributed by atoms with E-state index >= 15 is 0 Å². The number of halogens is 2. The quantitative estimate of drug-likeness (QED) is 0.697. The summed E-state index contributed by atoms with van der Waals surface area (Å²) in [5.41, 5.74) is 2.27. The summed E-state index contributed by atoms with van der Waals surface area (Å²) >= 11 is 6.61. The van der Waals surface area contributed by atoms with Crippen molar-refractivity contribution in [3.8, 4) is 0 Å². The largest absolute Gasteiger partial charge is 0.0984 e. The fourth-order valence-electron chi connectivity index (χ4n) is 1.07. The number of hydrogen-bond acceptors (Lipinski definition) is 0. The van der Waals surface area contributed by atoms with Crippen molar-refractivity contribution in [3.05, 3.63) is 64.1 Å². The summed E-state index contributed by atoms with van der Waals surface area (Å²) < 4.78 is 0.917. The van der Waals surface area contributed by atoms with Crippen LogP contribution in [-0.4, -0.2) is 0 Å². The molecule has 0 heterocycles. The summed E-state index contributed by atoms with van der Waals surface area (Å²) in [6.07, 6.45) is 5.78. The fraction of sp³-hybridized carbons (Fsp3) is 0. The van der Waals surface area contributed by atoms with Crippen LogP contribution >= 0.6 is 31.9 Å². The van der Waals surface area contributed by atoms with Gasteiger partial charge in [-0.2, -0.15) is 0 Å². The Balaban J connectivity index is 2.99. The van der Waals surface area contributed by atoms with Gasteiger partial charge in [-0.3, -0.25) is 0 Å². The molecule has 14 heavy (non-hydrogen) atoms. The number of allylic oxidation sites excluding steroid dienone is 4. The Bertz CT molecular complexity index is 357. The maximum atomic E-state index is 3.79. The van der Waals surface area contributed by atoms with Crippen LogP contribution in [-0.2, 0) is 0 Å². The van der Waals surface area contributed by atoms with Crippen molar-refractivity contribution in [1.82, 2.24) is 0 Å². The third kappa shape index (κ3) is 3.64. The van der Waals surface area contributed by atoms with E-state index in [0.717, 1.165) is 8.96 Å². The van der Waals surface area contributed by atoms with Crippen LogP contribution in [0.25, 0.3) is 5.57 Å². The first kappa shape index (κ1) is 11.5. The summed E-state index contributed by atoms with van der Waals surface area (Å²) in [5, 5.41) is 0. The molecule has 0 N–H and O–H groups in total. The van der Waals surface area contributed by atoms with Gasteiger partial charge in [-0.25, -0.2) is 0 Å². The molecule has 0 amide bonds. The summed E-state index contributed by atoms with van der Waals surface area (Å²) in [6, 6.07) is 10.1. The van der Waals surface area contributed by atoms with Crippen molar-refractivity contribution in [2.45, 2.75) is 0 Å². The predicted octanol–water partition coefficient (Wildman–Crippen LogP) is 4.89. The van der Waals surface area contributed by atoms with Crippen LogP contribution < -0.4 is 0 Å². The van der Waals surface area contributed by atoms with Gasteiger partial charge >= 0.3 is 0 Å². The van der Waals surface area contributed by atoms with E-state index in [-0.39, 0.29) is 0 Å². The fourth-order valence-corrected chi connectivity index (χ4v) is 1.33. The second-order valence-corrected chi connectivity index (χ2v) is 5.42. The van der Waals surface area contributed by atoms with E-state index in [9.17, 15) is 0 Å². The molecule has 72 valence electrons. The molecular formula is C12H10Br2. The molecule has 2 heteroatoms. The highest BCUT2D eigenvalue weighted by Crippen LogP contribution is 2.18. The minimum atomic E-state index is 0.917. The van der Waals surface area contributed by atoms with Crippen molar-refractivity contribution in [2.75, 3.05) is 0 Å². The van der Waals surface area contributed by atoms with Crippen molar-refractivity contribution < 1.29 is 0 Å². The van der Waals surface area contributed by atoms with Crippen LogP contribution in [0.5, 0.6) is 0 Å². The topological polar surface area (TPSA) is 0 Å². The zero-order valence-corrected chi connectivity index (χ0v) is 10.8. The van der Waals surface area contributed by atoms with Gasteiger partial charge in [0, 0.05) is 0 Å². The molecule has 0 nitrogen and oxygen atoms in total. The molecule has 0 aliphatic carbocycles. The summed E-state index contributed by atoms with van der Waals surface area (Å²) in [7, 11) is 0. The Morgan fingerprint density at radius 1 is 1.07 bits per heavy atom. The Hall–Kier alpha value is -0.600. The third-order valence-electron chi connectivity index (χ3n) is 1.72. The lowest BCUT2D eigenvalue weighted by molar-refractivity contribution is 1.62. The molecule has 0 bridgehead atoms. The van der Waals surface area contributed by atoms with Gasteiger partial charge in [0.05, 0.1) is 3.39 Å². The van der Waals surface area contributed by atoms with E-state index in [4.69, 9.17) is 0 Å². The van der Waals surface area contributed by atoms with Crippen molar-refractivity contribution >= 4 is 37.4 Å². The third-order valence-corrected chi connectivity index (χ3v) is 2.24. The molecule has 0 aliphatic rings. The molecule has 1 rings (SSSR count). The summed E-state index contributed by atoms with van der Waals surface area (Å²) in [6.45, 7) is 3.79. The lowest BCUT2D eigenvalue weighted by Crippen LogP contribution is -1.77. The lowest BCUT2D eigenvalue weighted by atomic mass is 10.1. The highest BCUT2D eigenvalue weighted by molar-refractivity contribution is 9.28.